The highest BCUT2D eigenvalue weighted by Crippen LogP contribution is 2.35. The number of H-pyrrole nitrogens is 1. The third-order valence-electron chi connectivity index (χ3n) is 4.74. The lowest BCUT2D eigenvalue weighted by atomic mass is 9.91. The Hall–Kier alpha value is -1.95. The molecule has 0 atom stereocenters. The van der Waals surface area contributed by atoms with E-state index < -0.39 is 5.92 Å². The summed E-state index contributed by atoms with van der Waals surface area (Å²) in [5.41, 5.74) is 1.75. The van der Waals surface area contributed by atoms with Crippen LogP contribution in [0.1, 0.15) is 41.9 Å². The number of alkyl halides is 2. The van der Waals surface area contributed by atoms with Crippen LogP contribution < -0.4 is 0 Å². The van der Waals surface area contributed by atoms with Crippen molar-refractivity contribution in [2.24, 2.45) is 0 Å². The zero-order chi connectivity index (χ0) is 18.2. The van der Waals surface area contributed by atoms with Gasteiger partial charge < -0.3 is 9.88 Å². The van der Waals surface area contributed by atoms with Crippen molar-refractivity contribution in [3.05, 3.63) is 40.7 Å². The maximum Gasteiger partial charge on any atom is 0.274 e. The van der Waals surface area contributed by atoms with E-state index in [1.54, 1.807) is 31.0 Å². The minimum atomic E-state index is -2.61. The van der Waals surface area contributed by atoms with Gasteiger partial charge in [0.05, 0.1) is 0 Å². The maximum atomic E-state index is 13.3. The van der Waals surface area contributed by atoms with Crippen LogP contribution in [0.15, 0.2) is 24.3 Å². The Kier molecular flexibility index (Phi) is 4.82. The molecule has 1 amide bonds. The fourth-order valence-corrected chi connectivity index (χ4v) is 3.38. The Labute approximate surface area is 150 Å². The molecule has 25 heavy (non-hydrogen) atoms. The number of carbonyl (C=O) groups excluding carboxylic acids is 1. The van der Waals surface area contributed by atoms with Gasteiger partial charge in [0.2, 0.25) is 5.92 Å². The van der Waals surface area contributed by atoms with E-state index >= 15 is 0 Å². The Morgan fingerprint density at radius 2 is 2.04 bits per heavy atom. The number of benzene rings is 1. The summed E-state index contributed by atoms with van der Waals surface area (Å²) in [5.74, 6) is -2.30. The van der Waals surface area contributed by atoms with Crippen LogP contribution >= 0.6 is 11.6 Å². The third-order valence-corrected chi connectivity index (χ3v) is 4.98. The molecule has 1 aromatic heterocycles. The zero-order valence-corrected chi connectivity index (χ0v) is 14.9. The molecule has 7 heteroatoms. The number of halogens is 3. The van der Waals surface area contributed by atoms with Gasteiger partial charge in [-0.15, -0.1) is 0 Å². The first kappa shape index (κ1) is 17.9. The number of nitrogens with zero attached hydrogens (tertiary/aromatic N) is 2. The summed E-state index contributed by atoms with van der Waals surface area (Å²) in [4.78, 5) is 21.8. The van der Waals surface area contributed by atoms with Gasteiger partial charge in [-0.3, -0.25) is 4.79 Å². The number of hydrogen-bond acceptors (Lipinski definition) is 2. The molecule has 1 N–H and O–H groups in total. The number of aromatic nitrogens is 2. The fourth-order valence-electron chi connectivity index (χ4n) is 3.19. The Bertz CT molecular complexity index is 780. The van der Waals surface area contributed by atoms with E-state index in [1.165, 1.54) is 0 Å². The summed E-state index contributed by atoms with van der Waals surface area (Å²) < 4.78 is 26.6. The molecule has 0 saturated heterocycles. The van der Waals surface area contributed by atoms with Crippen LogP contribution in [0.2, 0.25) is 5.02 Å². The van der Waals surface area contributed by atoms with Gasteiger partial charge in [-0.25, -0.2) is 13.8 Å². The van der Waals surface area contributed by atoms with Crippen LogP contribution in [-0.4, -0.2) is 39.8 Å². The SMILES string of the molecule is Cc1[nH]c(-c2cccc(Cl)c2)nc1C(=O)N(C)C1CCC(F)(F)CC1. The Balaban J connectivity index is 1.78. The van der Waals surface area contributed by atoms with E-state index in [1.807, 2.05) is 12.1 Å². The van der Waals surface area contributed by atoms with Crippen molar-refractivity contribution in [2.45, 2.75) is 44.6 Å². The highest BCUT2D eigenvalue weighted by atomic mass is 35.5. The van der Waals surface area contributed by atoms with E-state index in [9.17, 15) is 13.6 Å². The first-order valence-electron chi connectivity index (χ1n) is 8.24. The highest BCUT2D eigenvalue weighted by Gasteiger charge is 2.37. The molecule has 4 nitrogen and oxygen atoms in total. The zero-order valence-electron chi connectivity index (χ0n) is 14.2. The van der Waals surface area contributed by atoms with Gasteiger partial charge in [0, 0.05) is 42.2 Å². The quantitative estimate of drug-likeness (QED) is 0.855. The van der Waals surface area contributed by atoms with Gasteiger partial charge in [-0.1, -0.05) is 23.7 Å². The number of aryl methyl sites for hydroxylation is 1. The van der Waals surface area contributed by atoms with Gasteiger partial charge in [0.25, 0.3) is 5.91 Å². The van der Waals surface area contributed by atoms with Crippen LogP contribution in [0.5, 0.6) is 0 Å². The van der Waals surface area contributed by atoms with Gasteiger partial charge in [0.15, 0.2) is 0 Å². The van der Waals surface area contributed by atoms with Crippen molar-refractivity contribution in [1.82, 2.24) is 14.9 Å². The smallest absolute Gasteiger partial charge is 0.274 e. The van der Waals surface area contributed by atoms with E-state index in [0.29, 0.717) is 35.1 Å². The van der Waals surface area contributed by atoms with Crippen molar-refractivity contribution in [3.8, 4) is 11.4 Å². The number of nitrogens with one attached hydrogen (secondary N) is 1. The molecule has 0 radical (unpaired) electrons. The first-order valence-corrected chi connectivity index (χ1v) is 8.62. The number of hydrogen-bond donors (Lipinski definition) is 1. The predicted octanol–water partition coefficient (Wildman–Crippen LogP) is 4.69. The van der Waals surface area contributed by atoms with Crippen molar-refractivity contribution in [2.75, 3.05) is 7.05 Å². The molecule has 1 aliphatic carbocycles. The maximum absolute atomic E-state index is 13.3. The average molecular weight is 368 g/mol. The molecule has 1 aromatic carbocycles. The Morgan fingerprint density at radius 3 is 2.68 bits per heavy atom. The minimum absolute atomic E-state index is 0.178. The van der Waals surface area contributed by atoms with E-state index in [4.69, 9.17) is 11.6 Å². The second-order valence-corrected chi connectivity index (χ2v) is 7.01. The Morgan fingerprint density at radius 1 is 1.36 bits per heavy atom. The largest absolute Gasteiger partial charge is 0.341 e. The lowest BCUT2D eigenvalue weighted by Gasteiger charge is -2.34. The van der Waals surface area contributed by atoms with Crippen LogP contribution in [-0.2, 0) is 0 Å². The molecule has 2 aromatic rings. The molecular weight excluding hydrogens is 348 g/mol. The fraction of sp³-hybridized carbons (Fsp3) is 0.444. The monoisotopic (exact) mass is 367 g/mol. The number of carbonyl (C=O) groups is 1. The number of amides is 1. The van der Waals surface area contributed by atoms with Crippen LogP contribution in [0.3, 0.4) is 0 Å². The van der Waals surface area contributed by atoms with Crippen molar-refractivity contribution in [1.29, 1.82) is 0 Å². The summed E-state index contributed by atoms with van der Waals surface area (Å²) in [6.45, 7) is 1.77. The summed E-state index contributed by atoms with van der Waals surface area (Å²) in [6, 6.07) is 7.01. The predicted molar refractivity (Wildman–Crippen MR) is 93.1 cm³/mol. The van der Waals surface area contributed by atoms with Gasteiger partial charge in [-0.05, 0) is 31.9 Å². The molecule has 0 bridgehead atoms. The molecule has 0 spiro atoms. The first-order chi connectivity index (χ1) is 11.8. The topological polar surface area (TPSA) is 49.0 Å². The minimum Gasteiger partial charge on any atom is -0.341 e. The van der Waals surface area contributed by atoms with Crippen molar-refractivity contribution < 1.29 is 13.6 Å². The molecular formula is C18H20ClF2N3O. The second-order valence-electron chi connectivity index (χ2n) is 6.57. The van der Waals surface area contributed by atoms with Gasteiger partial charge >= 0.3 is 0 Å². The van der Waals surface area contributed by atoms with Crippen LogP contribution in [0.4, 0.5) is 8.78 Å². The normalized spacial score (nSPS) is 17.5. The van der Waals surface area contributed by atoms with E-state index in [-0.39, 0.29) is 24.8 Å². The molecule has 1 heterocycles. The number of imidazole rings is 1. The number of rotatable bonds is 3. The summed E-state index contributed by atoms with van der Waals surface area (Å²) in [6.07, 6.45) is 0.255. The average Bonchev–Trinajstić information content (AvgIpc) is 2.95. The molecule has 134 valence electrons. The summed E-state index contributed by atoms with van der Waals surface area (Å²) in [7, 11) is 1.66. The standard InChI is InChI=1S/C18H20ClF2N3O/c1-11-15(23-16(22-11)12-4-3-5-13(19)10-12)17(25)24(2)14-6-8-18(20,21)9-7-14/h3-5,10,14H,6-9H2,1-2H3,(H,22,23). The lowest BCUT2D eigenvalue weighted by Crippen LogP contribution is -2.42. The van der Waals surface area contributed by atoms with E-state index in [2.05, 4.69) is 9.97 Å². The van der Waals surface area contributed by atoms with Crippen LogP contribution in [0.25, 0.3) is 11.4 Å². The second kappa shape index (κ2) is 6.75. The van der Waals surface area contributed by atoms with Crippen molar-refractivity contribution in [3.63, 3.8) is 0 Å². The van der Waals surface area contributed by atoms with Gasteiger partial charge in [0.1, 0.15) is 11.5 Å². The van der Waals surface area contributed by atoms with Gasteiger partial charge in [-0.2, -0.15) is 0 Å². The van der Waals surface area contributed by atoms with Crippen LogP contribution in [0, 0.1) is 6.92 Å². The lowest BCUT2D eigenvalue weighted by molar-refractivity contribution is -0.0491. The highest BCUT2D eigenvalue weighted by molar-refractivity contribution is 6.30. The molecule has 1 fully saturated rings. The summed E-state index contributed by atoms with van der Waals surface area (Å²) in [5, 5.41) is 0.583. The van der Waals surface area contributed by atoms with E-state index in [0.717, 1.165) is 5.56 Å². The van der Waals surface area contributed by atoms with Crippen molar-refractivity contribution >= 4 is 17.5 Å². The molecule has 3 rings (SSSR count). The molecule has 0 unspecified atom stereocenters. The number of aromatic amines is 1. The third kappa shape index (κ3) is 3.84. The molecule has 0 aliphatic heterocycles. The molecule has 1 saturated carbocycles. The molecule has 1 aliphatic rings. The summed E-state index contributed by atoms with van der Waals surface area (Å²) >= 11 is 6.00.